The van der Waals surface area contributed by atoms with Gasteiger partial charge in [0, 0.05) is 17.8 Å². The van der Waals surface area contributed by atoms with E-state index in [-0.39, 0.29) is 18.3 Å². The van der Waals surface area contributed by atoms with E-state index in [2.05, 4.69) is 5.32 Å². The van der Waals surface area contributed by atoms with Gasteiger partial charge in [-0.3, -0.25) is 9.69 Å². The molecule has 2 aromatic carbocycles. The van der Waals surface area contributed by atoms with Crippen molar-refractivity contribution in [3.8, 4) is 0 Å². The van der Waals surface area contributed by atoms with Crippen LogP contribution in [0.4, 0.5) is 10.1 Å². The van der Waals surface area contributed by atoms with E-state index >= 15 is 0 Å². The van der Waals surface area contributed by atoms with E-state index in [1.165, 1.54) is 6.07 Å². The van der Waals surface area contributed by atoms with E-state index in [1.807, 2.05) is 31.2 Å². The number of likely N-dealkylation sites (N-methyl/N-ethyl adjacent to an activating group) is 1. The van der Waals surface area contributed by atoms with Crippen LogP contribution in [0.1, 0.15) is 11.1 Å². The van der Waals surface area contributed by atoms with Crippen LogP contribution in [0.15, 0.2) is 48.5 Å². The largest absolute Gasteiger partial charge is 0.325 e. The number of nitrogens with zero attached hydrogens (tertiary/aromatic N) is 1. The molecule has 0 fully saturated rings. The van der Waals surface area contributed by atoms with E-state index < -0.39 is 0 Å². The van der Waals surface area contributed by atoms with Gasteiger partial charge in [0.05, 0.1) is 6.54 Å². The van der Waals surface area contributed by atoms with Crippen molar-refractivity contribution in [1.82, 2.24) is 4.90 Å². The van der Waals surface area contributed by atoms with Gasteiger partial charge in [-0.15, -0.1) is 0 Å². The summed E-state index contributed by atoms with van der Waals surface area (Å²) < 4.78 is 13.6. The maximum atomic E-state index is 13.6. The van der Waals surface area contributed by atoms with Crippen LogP contribution in [0.5, 0.6) is 0 Å². The van der Waals surface area contributed by atoms with Crippen molar-refractivity contribution in [2.45, 2.75) is 13.5 Å². The van der Waals surface area contributed by atoms with Gasteiger partial charge in [-0.2, -0.15) is 0 Å². The molecule has 0 spiro atoms. The van der Waals surface area contributed by atoms with Gasteiger partial charge in [0.2, 0.25) is 5.91 Å². The molecule has 3 nitrogen and oxygen atoms in total. The van der Waals surface area contributed by atoms with Crippen LogP contribution in [0, 0.1) is 12.7 Å². The number of halogens is 1. The van der Waals surface area contributed by atoms with Crippen LogP contribution in [0.3, 0.4) is 0 Å². The van der Waals surface area contributed by atoms with Crippen LogP contribution in [-0.4, -0.2) is 24.4 Å². The molecule has 0 aliphatic rings. The molecule has 1 N–H and O–H groups in total. The molecule has 4 heteroatoms. The zero-order valence-electron chi connectivity index (χ0n) is 12.3. The fourth-order valence-corrected chi connectivity index (χ4v) is 2.14. The third-order valence-corrected chi connectivity index (χ3v) is 3.11. The van der Waals surface area contributed by atoms with Crippen molar-refractivity contribution in [3.63, 3.8) is 0 Å². The van der Waals surface area contributed by atoms with Gasteiger partial charge in [0.15, 0.2) is 0 Å². The summed E-state index contributed by atoms with van der Waals surface area (Å²) in [6, 6.07) is 14.2. The van der Waals surface area contributed by atoms with Crippen LogP contribution in [-0.2, 0) is 11.3 Å². The average molecular weight is 286 g/mol. The summed E-state index contributed by atoms with van der Waals surface area (Å²) in [5, 5.41) is 2.84. The van der Waals surface area contributed by atoms with Gasteiger partial charge in [0.1, 0.15) is 5.82 Å². The molecule has 0 unspecified atom stereocenters. The van der Waals surface area contributed by atoms with Crippen molar-refractivity contribution >= 4 is 11.6 Å². The minimum Gasteiger partial charge on any atom is -0.325 e. The number of hydrogen-bond acceptors (Lipinski definition) is 2. The minimum atomic E-state index is -0.247. The van der Waals surface area contributed by atoms with Crippen molar-refractivity contribution in [1.29, 1.82) is 0 Å². The quantitative estimate of drug-likeness (QED) is 0.915. The van der Waals surface area contributed by atoms with Gasteiger partial charge < -0.3 is 5.32 Å². The Hall–Kier alpha value is -2.20. The number of rotatable bonds is 5. The van der Waals surface area contributed by atoms with Crippen molar-refractivity contribution < 1.29 is 9.18 Å². The van der Waals surface area contributed by atoms with E-state index in [9.17, 15) is 9.18 Å². The summed E-state index contributed by atoms with van der Waals surface area (Å²) in [5.74, 6) is -0.358. The van der Waals surface area contributed by atoms with Gasteiger partial charge in [-0.25, -0.2) is 4.39 Å². The predicted octanol–water partition coefficient (Wildman–Crippen LogP) is 3.20. The number of aryl methyl sites for hydroxylation is 1. The van der Waals surface area contributed by atoms with Crippen molar-refractivity contribution in [2.75, 3.05) is 18.9 Å². The Bertz CT molecular complexity index is 628. The Balaban J connectivity index is 1.89. The summed E-state index contributed by atoms with van der Waals surface area (Å²) in [7, 11) is 1.79. The zero-order valence-corrected chi connectivity index (χ0v) is 12.3. The number of carbonyl (C=O) groups is 1. The summed E-state index contributed by atoms with van der Waals surface area (Å²) >= 11 is 0. The highest BCUT2D eigenvalue weighted by Gasteiger charge is 2.09. The lowest BCUT2D eigenvalue weighted by Crippen LogP contribution is -2.30. The highest BCUT2D eigenvalue weighted by molar-refractivity contribution is 5.92. The summed E-state index contributed by atoms with van der Waals surface area (Å²) in [6.45, 7) is 2.58. The number of nitrogens with one attached hydrogen (secondary N) is 1. The lowest BCUT2D eigenvalue weighted by atomic mass is 10.2. The third kappa shape index (κ3) is 4.68. The molecule has 0 radical (unpaired) electrons. The highest BCUT2D eigenvalue weighted by Crippen LogP contribution is 2.11. The summed E-state index contributed by atoms with van der Waals surface area (Å²) in [4.78, 5) is 13.7. The molecule has 0 atom stereocenters. The van der Waals surface area contributed by atoms with Crippen LogP contribution in [0.25, 0.3) is 0 Å². The number of carbonyl (C=O) groups excluding carboxylic acids is 1. The molecule has 0 aliphatic carbocycles. The number of hydrogen-bond donors (Lipinski definition) is 1. The maximum Gasteiger partial charge on any atom is 0.238 e. The van der Waals surface area contributed by atoms with Crippen molar-refractivity contribution in [2.24, 2.45) is 0 Å². The molecule has 0 saturated carbocycles. The average Bonchev–Trinajstić information content (AvgIpc) is 2.41. The van der Waals surface area contributed by atoms with E-state index in [4.69, 9.17) is 0 Å². The molecule has 2 rings (SSSR count). The second kappa shape index (κ2) is 6.99. The monoisotopic (exact) mass is 286 g/mol. The summed E-state index contributed by atoms with van der Waals surface area (Å²) in [6.07, 6.45) is 0. The molecular formula is C17H19FN2O. The van der Waals surface area contributed by atoms with Crippen LogP contribution >= 0.6 is 0 Å². The molecule has 1 amide bonds. The molecule has 0 aromatic heterocycles. The van der Waals surface area contributed by atoms with Crippen molar-refractivity contribution in [3.05, 3.63) is 65.5 Å². The van der Waals surface area contributed by atoms with Crippen LogP contribution < -0.4 is 5.32 Å². The summed E-state index contributed by atoms with van der Waals surface area (Å²) in [5.41, 5.74) is 2.45. The Morgan fingerprint density at radius 1 is 1.19 bits per heavy atom. The zero-order chi connectivity index (χ0) is 15.2. The topological polar surface area (TPSA) is 32.3 Å². The second-order valence-corrected chi connectivity index (χ2v) is 5.18. The van der Waals surface area contributed by atoms with Gasteiger partial charge in [-0.05, 0) is 37.7 Å². The fraction of sp³-hybridized carbons (Fsp3) is 0.235. The van der Waals surface area contributed by atoms with Gasteiger partial charge in [0.25, 0.3) is 0 Å². The fourth-order valence-electron chi connectivity index (χ4n) is 2.14. The first-order valence-corrected chi connectivity index (χ1v) is 6.83. The molecule has 0 bridgehead atoms. The van der Waals surface area contributed by atoms with E-state index in [0.717, 1.165) is 11.3 Å². The molecule has 21 heavy (non-hydrogen) atoms. The van der Waals surface area contributed by atoms with Gasteiger partial charge in [-0.1, -0.05) is 30.3 Å². The van der Waals surface area contributed by atoms with Gasteiger partial charge >= 0.3 is 0 Å². The van der Waals surface area contributed by atoms with E-state index in [1.54, 1.807) is 30.1 Å². The molecular weight excluding hydrogens is 267 g/mol. The van der Waals surface area contributed by atoms with Crippen LogP contribution in [0.2, 0.25) is 0 Å². The minimum absolute atomic E-state index is 0.112. The standard InChI is InChI=1S/C17H19FN2O/c1-13-6-5-8-15(10-13)19-17(21)12-20(2)11-14-7-3-4-9-16(14)18/h3-10H,11-12H2,1-2H3,(H,19,21). The Labute approximate surface area is 124 Å². The molecule has 0 saturated heterocycles. The first-order chi connectivity index (χ1) is 10.0. The second-order valence-electron chi connectivity index (χ2n) is 5.18. The molecule has 0 heterocycles. The third-order valence-electron chi connectivity index (χ3n) is 3.11. The normalized spacial score (nSPS) is 10.7. The Morgan fingerprint density at radius 3 is 2.67 bits per heavy atom. The first kappa shape index (κ1) is 15.2. The molecule has 110 valence electrons. The predicted molar refractivity (Wildman–Crippen MR) is 82.5 cm³/mol. The Morgan fingerprint density at radius 2 is 1.95 bits per heavy atom. The lowest BCUT2D eigenvalue weighted by Gasteiger charge is -2.16. The molecule has 2 aromatic rings. The number of anilines is 1. The maximum absolute atomic E-state index is 13.6. The molecule has 0 aliphatic heterocycles. The first-order valence-electron chi connectivity index (χ1n) is 6.83. The smallest absolute Gasteiger partial charge is 0.238 e. The SMILES string of the molecule is Cc1cccc(NC(=O)CN(C)Cc2ccccc2F)c1. The number of amides is 1. The highest BCUT2D eigenvalue weighted by atomic mass is 19.1. The number of benzene rings is 2. The van der Waals surface area contributed by atoms with E-state index in [0.29, 0.717) is 12.1 Å². The lowest BCUT2D eigenvalue weighted by molar-refractivity contribution is -0.117. The Kier molecular flexibility index (Phi) is 5.06.